The first-order valence-corrected chi connectivity index (χ1v) is 5.35. The molecule has 0 bridgehead atoms. The number of rotatable bonds is 6. The van der Waals surface area contributed by atoms with E-state index in [4.69, 9.17) is 9.52 Å². The third-order valence-corrected chi connectivity index (χ3v) is 2.06. The largest absolute Gasteiger partial charge is 0.459 e. The van der Waals surface area contributed by atoms with E-state index in [1.54, 1.807) is 19.1 Å². The summed E-state index contributed by atoms with van der Waals surface area (Å²) in [7, 11) is 0. The van der Waals surface area contributed by atoms with Crippen molar-refractivity contribution in [1.82, 2.24) is 10.6 Å². The maximum Gasteiger partial charge on any atom is 0.286 e. The summed E-state index contributed by atoms with van der Waals surface area (Å²) in [5.74, 6) is -0.349. The van der Waals surface area contributed by atoms with Crippen molar-refractivity contribution in [3.63, 3.8) is 0 Å². The molecule has 0 saturated carbocycles. The number of hydrogen-bond donors (Lipinski definition) is 3. The molecule has 0 radical (unpaired) electrons. The summed E-state index contributed by atoms with van der Waals surface area (Å²) in [6.07, 6.45) is 1.57. The predicted molar refractivity (Wildman–Crippen MR) is 60.3 cm³/mol. The van der Waals surface area contributed by atoms with Gasteiger partial charge >= 0.3 is 0 Å². The second-order valence-electron chi connectivity index (χ2n) is 3.63. The van der Waals surface area contributed by atoms with Crippen LogP contribution in [0.25, 0.3) is 0 Å². The maximum atomic E-state index is 11.4. The molecular weight excluding hydrogens is 224 g/mol. The molecule has 1 atom stereocenters. The van der Waals surface area contributed by atoms with E-state index in [2.05, 4.69) is 10.6 Å². The van der Waals surface area contributed by atoms with Gasteiger partial charge < -0.3 is 20.2 Å². The molecule has 17 heavy (non-hydrogen) atoms. The first kappa shape index (κ1) is 13.2. The van der Waals surface area contributed by atoms with Crippen molar-refractivity contribution in [3.05, 3.63) is 24.2 Å². The average molecular weight is 240 g/mol. The lowest BCUT2D eigenvalue weighted by molar-refractivity contribution is -0.121. The average Bonchev–Trinajstić information content (AvgIpc) is 2.82. The zero-order valence-electron chi connectivity index (χ0n) is 9.60. The summed E-state index contributed by atoms with van der Waals surface area (Å²) in [6, 6.07) is 2.89. The van der Waals surface area contributed by atoms with Crippen LogP contribution in [-0.2, 0) is 4.79 Å². The molecule has 3 N–H and O–H groups in total. The Kier molecular flexibility index (Phi) is 5.22. The van der Waals surface area contributed by atoms with Gasteiger partial charge in [0.25, 0.3) is 5.91 Å². The lowest BCUT2D eigenvalue weighted by atomic mass is 10.3. The molecule has 0 spiro atoms. The monoisotopic (exact) mass is 240 g/mol. The fourth-order valence-corrected chi connectivity index (χ4v) is 1.18. The summed E-state index contributed by atoms with van der Waals surface area (Å²) in [4.78, 5) is 22.7. The highest BCUT2D eigenvalue weighted by Crippen LogP contribution is 1.98. The molecular formula is C11H16N2O4. The second-order valence-corrected chi connectivity index (χ2v) is 3.63. The number of carbonyl (C=O) groups excluding carboxylic acids is 2. The first-order chi connectivity index (χ1) is 8.13. The van der Waals surface area contributed by atoms with Crippen LogP contribution in [0.1, 0.15) is 23.9 Å². The maximum absolute atomic E-state index is 11.4. The molecule has 0 aliphatic rings. The van der Waals surface area contributed by atoms with Gasteiger partial charge in [0.15, 0.2) is 5.76 Å². The van der Waals surface area contributed by atoms with Gasteiger partial charge in [-0.1, -0.05) is 0 Å². The van der Waals surface area contributed by atoms with Crippen molar-refractivity contribution in [2.45, 2.75) is 19.4 Å². The third kappa shape index (κ3) is 4.69. The minimum atomic E-state index is -0.349. The van der Waals surface area contributed by atoms with Crippen LogP contribution >= 0.6 is 0 Å². The molecule has 1 heterocycles. The van der Waals surface area contributed by atoms with Gasteiger partial charge in [-0.25, -0.2) is 0 Å². The molecule has 0 saturated heterocycles. The van der Waals surface area contributed by atoms with Crippen LogP contribution in [0.4, 0.5) is 0 Å². The van der Waals surface area contributed by atoms with Gasteiger partial charge in [-0.3, -0.25) is 9.59 Å². The van der Waals surface area contributed by atoms with Crippen LogP contribution < -0.4 is 10.6 Å². The van der Waals surface area contributed by atoms with Gasteiger partial charge in [0.05, 0.1) is 12.9 Å². The van der Waals surface area contributed by atoms with E-state index < -0.39 is 0 Å². The molecule has 1 aromatic heterocycles. The Hall–Kier alpha value is -1.82. The van der Waals surface area contributed by atoms with E-state index in [0.717, 1.165) is 0 Å². The van der Waals surface area contributed by atoms with Gasteiger partial charge in [-0.2, -0.15) is 0 Å². The van der Waals surface area contributed by atoms with Crippen molar-refractivity contribution in [2.75, 3.05) is 13.2 Å². The van der Waals surface area contributed by atoms with Gasteiger partial charge in [-0.15, -0.1) is 0 Å². The fourth-order valence-electron chi connectivity index (χ4n) is 1.18. The normalized spacial score (nSPS) is 11.9. The van der Waals surface area contributed by atoms with E-state index in [1.165, 1.54) is 6.26 Å². The lowest BCUT2D eigenvalue weighted by Gasteiger charge is -2.10. The summed E-state index contributed by atoms with van der Waals surface area (Å²) >= 11 is 0. The highest BCUT2D eigenvalue weighted by Gasteiger charge is 2.09. The number of furan rings is 1. The molecule has 0 aliphatic heterocycles. The molecule has 94 valence electrons. The van der Waals surface area contributed by atoms with Crippen molar-refractivity contribution in [1.29, 1.82) is 0 Å². The van der Waals surface area contributed by atoms with Crippen LogP contribution in [0.5, 0.6) is 0 Å². The molecule has 1 aromatic rings. The van der Waals surface area contributed by atoms with Crippen LogP contribution in [0.15, 0.2) is 22.8 Å². The number of carbonyl (C=O) groups is 2. The molecule has 1 rings (SSSR count). The molecule has 0 fully saturated rings. The van der Waals surface area contributed by atoms with Crippen LogP contribution in [0.2, 0.25) is 0 Å². The Bertz CT molecular complexity index is 362. The highest BCUT2D eigenvalue weighted by molar-refractivity contribution is 5.91. The molecule has 2 amide bonds. The molecule has 0 aromatic carbocycles. The number of hydrogen-bond acceptors (Lipinski definition) is 4. The smallest absolute Gasteiger partial charge is 0.286 e. The van der Waals surface area contributed by atoms with E-state index in [0.29, 0.717) is 0 Å². The van der Waals surface area contributed by atoms with E-state index >= 15 is 0 Å². The van der Waals surface area contributed by atoms with Crippen molar-refractivity contribution in [3.8, 4) is 0 Å². The SMILES string of the molecule is CC(CO)NC(=O)CCNC(=O)c1ccco1. The zero-order valence-corrected chi connectivity index (χ0v) is 9.60. The van der Waals surface area contributed by atoms with Crippen LogP contribution in [-0.4, -0.2) is 36.1 Å². The van der Waals surface area contributed by atoms with E-state index in [9.17, 15) is 9.59 Å². The third-order valence-electron chi connectivity index (χ3n) is 2.06. The molecule has 6 heteroatoms. The Balaban J connectivity index is 2.20. The quantitative estimate of drug-likeness (QED) is 0.647. The number of aliphatic hydroxyl groups excluding tert-OH is 1. The van der Waals surface area contributed by atoms with Crippen molar-refractivity contribution < 1.29 is 19.1 Å². The summed E-state index contributed by atoms with van der Waals surface area (Å²) < 4.78 is 4.89. The number of amides is 2. The molecule has 6 nitrogen and oxygen atoms in total. The van der Waals surface area contributed by atoms with E-state index in [-0.39, 0.29) is 43.2 Å². The van der Waals surface area contributed by atoms with Gasteiger partial charge in [-0.05, 0) is 19.1 Å². The Morgan fingerprint density at radius 1 is 1.53 bits per heavy atom. The minimum Gasteiger partial charge on any atom is -0.459 e. The summed E-state index contributed by atoms with van der Waals surface area (Å²) in [5, 5.41) is 13.9. The molecule has 0 aliphatic carbocycles. The minimum absolute atomic E-state index is 0.107. The summed E-state index contributed by atoms with van der Waals surface area (Å²) in [6.45, 7) is 1.81. The van der Waals surface area contributed by atoms with Crippen LogP contribution in [0.3, 0.4) is 0 Å². The lowest BCUT2D eigenvalue weighted by Crippen LogP contribution is -2.37. The molecule has 1 unspecified atom stereocenters. The van der Waals surface area contributed by atoms with Gasteiger partial charge in [0.2, 0.25) is 5.91 Å². The Morgan fingerprint density at radius 3 is 2.88 bits per heavy atom. The summed E-state index contributed by atoms with van der Waals surface area (Å²) in [5.41, 5.74) is 0. The fraction of sp³-hybridized carbons (Fsp3) is 0.455. The highest BCUT2D eigenvalue weighted by atomic mass is 16.3. The van der Waals surface area contributed by atoms with Crippen LogP contribution in [0, 0.1) is 0 Å². The van der Waals surface area contributed by atoms with Crippen molar-refractivity contribution >= 4 is 11.8 Å². The van der Waals surface area contributed by atoms with E-state index in [1.807, 2.05) is 0 Å². The Morgan fingerprint density at radius 2 is 2.29 bits per heavy atom. The zero-order chi connectivity index (χ0) is 12.7. The second kappa shape index (κ2) is 6.70. The standard InChI is InChI=1S/C11H16N2O4/c1-8(7-14)13-10(15)4-5-12-11(16)9-3-2-6-17-9/h2-3,6,8,14H,4-5,7H2,1H3,(H,12,16)(H,13,15). The van der Waals surface area contributed by atoms with Gasteiger partial charge in [0.1, 0.15) is 0 Å². The predicted octanol–water partition coefficient (Wildman–Crippen LogP) is -0.103. The number of aliphatic hydroxyl groups is 1. The number of nitrogens with one attached hydrogen (secondary N) is 2. The first-order valence-electron chi connectivity index (χ1n) is 5.35. The Labute approximate surface area is 99.0 Å². The topological polar surface area (TPSA) is 91.6 Å². The van der Waals surface area contributed by atoms with Gasteiger partial charge in [0, 0.05) is 19.0 Å². The van der Waals surface area contributed by atoms with Crippen molar-refractivity contribution in [2.24, 2.45) is 0 Å².